The maximum Gasteiger partial charge on any atom is 0.243 e. The molecule has 4 rings (SSSR count). The minimum absolute atomic E-state index is 0.0361. The van der Waals surface area contributed by atoms with E-state index in [0.29, 0.717) is 13.0 Å². The van der Waals surface area contributed by atoms with Gasteiger partial charge in [-0.1, -0.05) is 88.9 Å². The predicted octanol–water partition coefficient (Wildman–Crippen LogP) is 6.55. The first-order valence-corrected chi connectivity index (χ1v) is 14.3. The average molecular weight is 566 g/mol. The van der Waals surface area contributed by atoms with Crippen molar-refractivity contribution < 1.29 is 9.59 Å². The number of nitrogens with zero attached hydrogens (tertiary/aromatic N) is 1. The van der Waals surface area contributed by atoms with E-state index < -0.39 is 6.04 Å². The van der Waals surface area contributed by atoms with Gasteiger partial charge in [0.05, 0.1) is 5.75 Å². The summed E-state index contributed by atoms with van der Waals surface area (Å²) in [5, 5.41) is 3.26. The lowest BCUT2D eigenvalue weighted by atomic mass is 10.0. The van der Waals surface area contributed by atoms with Crippen LogP contribution in [0.2, 0.25) is 0 Å². The number of carbonyl (C=O) groups excluding carboxylic acids is 2. The van der Waals surface area contributed by atoms with Crippen LogP contribution in [0.5, 0.6) is 0 Å². The molecule has 2 amide bonds. The van der Waals surface area contributed by atoms with Gasteiger partial charge in [-0.05, 0) is 55.2 Å². The van der Waals surface area contributed by atoms with Crippen LogP contribution < -0.4 is 5.32 Å². The van der Waals surface area contributed by atoms with Crippen LogP contribution in [0.25, 0.3) is 0 Å². The first-order chi connectivity index (χ1) is 17.5. The summed E-state index contributed by atoms with van der Waals surface area (Å²) >= 11 is 5.01. The van der Waals surface area contributed by atoms with Gasteiger partial charge < -0.3 is 10.2 Å². The van der Waals surface area contributed by atoms with Gasteiger partial charge in [-0.3, -0.25) is 9.59 Å². The van der Waals surface area contributed by atoms with Crippen LogP contribution >= 0.6 is 27.7 Å². The van der Waals surface area contributed by atoms with Gasteiger partial charge in [-0.25, -0.2) is 0 Å². The first kappa shape index (κ1) is 26.5. The maximum atomic E-state index is 13.7. The molecule has 0 aromatic heterocycles. The molecule has 6 heteroatoms. The van der Waals surface area contributed by atoms with Gasteiger partial charge in [-0.2, -0.15) is 0 Å². The Morgan fingerprint density at radius 3 is 2.28 bits per heavy atom. The zero-order valence-corrected chi connectivity index (χ0v) is 23.1. The summed E-state index contributed by atoms with van der Waals surface area (Å²) in [5.74, 6) is 0.184. The Bertz CT molecular complexity index is 1130. The number of amides is 2. The Balaban J connectivity index is 1.59. The van der Waals surface area contributed by atoms with Crippen molar-refractivity contribution in [1.82, 2.24) is 10.2 Å². The number of hydrogen-bond donors (Lipinski definition) is 1. The Labute approximate surface area is 227 Å². The summed E-state index contributed by atoms with van der Waals surface area (Å²) in [6, 6.07) is 25.8. The van der Waals surface area contributed by atoms with Crippen LogP contribution in [-0.4, -0.2) is 34.6 Å². The van der Waals surface area contributed by atoms with E-state index in [9.17, 15) is 9.59 Å². The fraction of sp³-hybridized carbons (Fsp3) is 0.333. The number of rotatable bonds is 10. The monoisotopic (exact) mass is 564 g/mol. The van der Waals surface area contributed by atoms with E-state index in [1.165, 1.54) is 17.3 Å². The summed E-state index contributed by atoms with van der Waals surface area (Å²) in [5.41, 5.74) is 3.23. The van der Waals surface area contributed by atoms with Crippen molar-refractivity contribution in [2.45, 2.75) is 62.6 Å². The summed E-state index contributed by atoms with van der Waals surface area (Å²) in [6.07, 6.45) is 4.78. The van der Waals surface area contributed by atoms with Crippen molar-refractivity contribution in [3.8, 4) is 0 Å². The minimum atomic E-state index is -0.581. The molecule has 1 N–H and O–H groups in total. The largest absolute Gasteiger partial charge is 0.352 e. The van der Waals surface area contributed by atoms with Crippen LogP contribution in [0, 0.1) is 6.92 Å². The van der Waals surface area contributed by atoms with Crippen molar-refractivity contribution in [2.24, 2.45) is 0 Å². The molecule has 1 fully saturated rings. The molecule has 1 atom stereocenters. The third kappa shape index (κ3) is 7.71. The highest BCUT2D eigenvalue weighted by Crippen LogP contribution is 2.23. The van der Waals surface area contributed by atoms with Crippen molar-refractivity contribution in [2.75, 3.05) is 5.75 Å². The highest BCUT2D eigenvalue weighted by Gasteiger charge is 2.32. The minimum Gasteiger partial charge on any atom is -0.352 e. The highest BCUT2D eigenvalue weighted by molar-refractivity contribution is 9.10. The topological polar surface area (TPSA) is 49.4 Å². The number of halogens is 1. The van der Waals surface area contributed by atoms with E-state index in [-0.39, 0.29) is 23.6 Å². The normalized spacial score (nSPS) is 14.4. The molecule has 4 nitrogen and oxygen atoms in total. The first-order valence-electron chi connectivity index (χ1n) is 12.6. The van der Waals surface area contributed by atoms with E-state index in [1.54, 1.807) is 4.90 Å². The molecule has 0 radical (unpaired) electrons. The van der Waals surface area contributed by atoms with Crippen molar-refractivity contribution in [3.63, 3.8) is 0 Å². The van der Waals surface area contributed by atoms with Crippen molar-refractivity contribution >= 4 is 39.5 Å². The van der Waals surface area contributed by atoms with Crippen molar-refractivity contribution in [1.29, 1.82) is 0 Å². The van der Waals surface area contributed by atoms with Crippen molar-refractivity contribution in [3.05, 3.63) is 100 Å². The molecule has 1 aliphatic rings. The second-order valence-electron chi connectivity index (χ2n) is 9.45. The van der Waals surface area contributed by atoms with E-state index >= 15 is 0 Å². The van der Waals surface area contributed by atoms with Crippen LogP contribution in [-0.2, 0) is 22.6 Å². The average Bonchev–Trinajstić information content (AvgIpc) is 3.40. The van der Waals surface area contributed by atoms with Gasteiger partial charge >= 0.3 is 0 Å². The fourth-order valence-corrected chi connectivity index (χ4v) is 5.62. The molecular formula is C30H33BrN2O2S. The summed E-state index contributed by atoms with van der Waals surface area (Å²) in [7, 11) is 0. The molecule has 188 valence electrons. The molecule has 0 unspecified atom stereocenters. The third-order valence-electron chi connectivity index (χ3n) is 6.62. The van der Waals surface area contributed by atoms with E-state index in [4.69, 9.17) is 0 Å². The summed E-state index contributed by atoms with van der Waals surface area (Å²) in [4.78, 5) is 30.3. The van der Waals surface area contributed by atoms with Crippen LogP contribution in [0.4, 0.5) is 0 Å². The quantitative estimate of drug-likeness (QED) is 0.284. The van der Waals surface area contributed by atoms with Crippen LogP contribution in [0.1, 0.15) is 42.4 Å². The number of thioether (sulfide) groups is 1. The standard InChI is InChI=1S/C30H33BrN2O2S/c1-22-11-17-27(18-12-22)36-21-29(34)33(20-24-13-15-25(31)16-14-24)28(19-23-7-3-2-4-8-23)30(35)32-26-9-5-6-10-26/h2-4,7-8,11-18,26,28H,5-6,9-10,19-21H2,1H3,(H,32,35)/t28-/m1/s1. The zero-order valence-electron chi connectivity index (χ0n) is 20.7. The number of hydrogen-bond acceptors (Lipinski definition) is 3. The van der Waals surface area contributed by atoms with Gasteiger partial charge in [0.1, 0.15) is 6.04 Å². The Morgan fingerprint density at radius 2 is 1.61 bits per heavy atom. The van der Waals surface area contributed by atoms with Gasteiger partial charge in [0, 0.05) is 28.4 Å². The molecular weight excluding hydrogens is 532 g/mol. The molecule has 0 bridgehead atoms. The lowest BCUT2D eigenvalue weighted by Crippen LogP contribution is -2.52. The molecule has 36 heavy (non-hydrogen) atoms. The number of benzene rings is 3. The third-order valence-corrected chi connectivity index (χ3v) is 8.15. The van der Waals surface area contributed by atoms with Gasteiger partial charge in [0.25, 0.3) is 0 Å². The molecule has 1 aliphatic carbocycles. The Kier molecular flexibility index (Phi) is 9.65. The van der Waals surface area contributed by atoms with E-state index in [0.717, 1.165) is 46.2 Å². The number of carbonyl (C=O) groups is 2. The maximum absolute atomic E-state index is 13.7. The van der Waals surface area contributed by atoms with Gasteiger partial charge in [0.2, 0.25) is 11.8 Å². The lowest BCUT2D eigenvalue weighted by Gasteiger charge is -2.32. The molecule has 3 aromatic carbocycles. The Hall–Kier alpha value is -2.57. The lowest BCUT2D eigenvalue weighted by molar-refractivity contribution is -0.139. The van der Waals surface area contributed by atoms with Crippen LogP contribution in [0.15, 0.2) is 88.2 Å². The molecule has 3 aromatic rings. The highest BCUT2D eigenvalue weighted by atomic mass is 79.9. The molecule has 0 saturated heterocycles. The smallest absolute Gasteiger partial charge is 0.243 e. The molecule has 0 aliphatic heterocycles. The molecule has 0 heterocycles. The second-order valence-corrected chi connectivity index (χ2v) is 11.4. The Morgan fingerprint density at radius 1 is 0.944 bits per heavy atom. The molecule has 1 saturated carbocycles. The second kappa shape index (κ2) is 13.1. The van der Waals surface area contributed by atoms with Crippen LogP contribution in [0.3, 0.4) is 0 Å². The summed E-state index contributed by atoms with van der Waals surface area (Å²) < 4.78 is 0.985. The van der Waals surface area contributed by atoms with E-state index in [2.05, 4.69) is 40.3 Å². The van der Waals surface area contributed by atoms with Gasteiger partial charge in [-0.15, -0.1) is 11.8 Å². The predicted molar refractivity (Wildman–Crippen MR) is 151 cm³/mol. The van der Waals surface area contributed by atoms with E-state index in [1.807, 2.05) is 66.7 Å². The zero-order chi connectivity index (χ0) is 25.3. The number of nitrogens with one attached hydrogen (secondary N) is 1. The van der Waals surface area contributed by atoms with Gasteiger partial charge in [0.15, 0.2) is 0 Å². The fourth-order valence-electron chi connectivity index (χ4n) is 4.57. The SMILES string of the molecule is Cc1ccc(SCC(=O)N(Cc2ccc(Br)cc2)[C@H](Cc2ccccc2)C(=O)NC2CCCC2)cc1. The number of aryl methyl sites for hydroxylation is 1. The molecule has 0 spiro atoms. The summed E-state index contributed by atoms with van der Waals surface area (Å²) in [6.45, 7) is 2.44.